The lowest BCUT2D eigenvalue weighted by Crippen LogP contribution is -1.96. The molecule has 0 saturated heterocycles. The molecule has 0 spiro atoms. The molecule has 0 aliphatic carbocycles. The fourth-order valence-corrected chi connectivity index (χ4v) is 0.499. The summed E-state index contributed by atoms with van der Waals surface area (Å²) in [5, 5.41) is 8.40. The molecule has 0 saturated carbocycles. The molecule has 0 bridgehead atoms. The Labute approximate surface area is 45.2 Å². The third kappa shape index (κ3) is 2.38. The Morgan fingerprint density at radius 1 is 1.43 bits per heavy atom. The molecule has 0 fully saturated rings. The Morgan fingerprint density at radius 3 is 1.86 bits per heavy atom. The topological polar surface area (TPSA) is 22.3 Å². The van der Waals surface area contributed by atoms with E-state index in [2.05, 4.69) is 13.8 Å². The summed E-state index contributed by atoms with van der Waals surface area (Å²) in [6.07, 6.45) is 3.38. The predicted molar refractivity (Wildman–Crippen MR) is 32.3 cm³/mol. The SMILES string of the molecule is CCC(C=[N])CC. The molecule has 1 radical (unpaired) electrons. The van der Waals surface area contributed by atoms with Crippen LogP contribution in [0.3, 0.4) is 0 Å². The van der Waals surface area contributed by atoms with E-state index >= 15 is 0 Å². The standard InChI is InChI=1S/C6H12N/c1-3-6(4-2)5-7/h5-6H,3-4H2,1-2H3. The zero-order valence-electron chi connectivity index (χ0n) is 5.02. The van der Waals surface area contributed by atoms with Crippen LogP contribution in [0.15, 0.2) is 0 Å². The Hall–Kier alpha value is -0.330. The van der Waals surface area contributed by atoms with Gasteiger partial charge in [-0.25, -0.2) is 0 Å². The van der Waals surface area contributed by atoms with Crippen LogP contribution in [0, 0.1) is 5.92 Å². The lowest BCUT2D eigenvalue weighted by Gasteiger charge is -1.99. The van der Waals surface area contributed by atoms with Gasteiger partial charge in [-0.3, -0.25) is 0 Å². The third-order valence-corrected chi connectivity index (χ3v) is 1.26. The summed E-state index contributed by atoms with van der Waals surface area (Å²) in [6, 6.07) is 0. The molecule has 0 amide bonds. The highest BCUT2D eigenvalue weighted by Crippen LogP contribution is 2.00. The predicted octanol–water partition coefficient (Wildman–Crippen LogP) is 1.29. The van der Waals surface area contributed by atoms with Gasteiger partial charge in [0.2, 0.25) is 0 Å². The van der Waals surface area contributed by atoms with Gasteiger partial charge in [-0.05, 0) is 18.8 Å². The molecule has 0 aromatic carbocycles. The zero-order chi connectivity index (χ0) is 5.70. The first-order valence-corrected chi connectivity index (χ1v) is 2.82. The zero-order valence-corrected chi connectivity index (χ0v) is 5.02. The van der Waals surface area contributed by atoms with Gasteiger partial charge in [0.15, 0.2) is 0 Å². The minimum absolute atomic E-state index is 0.417. The van der Waals surface area contributed by atoms with Crippen LogP contribution in [0.5, 0.6) is 0 Å². The highest BCUT2D eigenvalue weighted by Gasteiger charge is 1.94. The maximum Gasteiger partial charge on any atom is 0.0300 e. The Bertz CT molecular complexity index is 46.1. The van der Waals surface area contributed by atoms with Crippen LogP contribution in [0.2, 0.25) is 0 Å². The van der Waals surface area contributed by atoms with Crippen molar-refractivity contribution in [2.24, 2.45) is 5.92 Å². The largest absolute Gasteiger partial charge is 0.164 e. The maximum atomic E-state index is 8.40. The molecule has 0 atom stereocenters. The lowest BCUT2D eigenvalue weighted by molar-refractivity contribution is 0.655. The van der Waals surface area contributed by atoms with Gasteiger partial charge in [-0.15, -0.1) is 0 Å². The van der Waals surface area contributed by atoms with Gasteiger partial charge >= 0.3 is 0 Å². The summed E-state index contributed by atoms with van der Waals surface area (Å²) in [4.78, 5) is 0. The molecule has 0 aromatic heterocycles. The molecule has 0 aromatic rings. The monoisotopic (exact) mass is 98.1 g/mol. The van der Waals surface area contributed by atoms with E-state index in [-0.39, 0.29) is 0 Å². The van der Waals surface area contributed by atoms with Crippen molar-refractivity contribution in [1.82, 2.24) is 5.41 Å². The van der Waals surface area contributed by atoms with E-state index in [0.29, 0.717) is 5.92 Å². The van der Waals surface area contributed by atoms with E-state index in [1.807, 2.05) is 0 Å². The number of hydrogen-bond acceptors (Lipinski definition) is 0. The van der Waals surface area contributed by atoms with Crippen molar-refractivity contribution in [3.05, 3.63) is 0 Å². The van der Waals surface area contributed by atoms with Crippen LogP contribution in [0.25, 0.3) is 0 Å². The Balaban J connectivity index is 3.16. The fourth-order valence-electron chi connectivity index (χ4n) is 0.499. The second-order valence-electron chi connectivity index (χ2n) is 1.73. The van der Waals surface area contributed by atoms with E-state index in [9.17, 15) is 0 Å². The molecule has 0 heterocycles. The molecule has 7 heavy (non-hydrogen) atoms. The van der Waals surface area contributed by atoms with Gasteiger partial charge in [0.1, 0.15) is 0 Å². The van der Waals surface area contributed by atoms with Crippen molar-refractivity contribution < 1.29 is 0 Å². The molecule has 0 N–H and O–H groups in total. The van der Waals surface area contributed by atoms with E-state index in [1.54, 1.807) is 0 Å². The van der Waals surface area contributed by atoms with Crippen LogP contribution >= 0.6 is 0 Å². The average Bonchev–Trinajstić information content (AvgIpc) is 1.72. The van der Waals surface area contributed by atoms with Crippen molar-refractivity contribution >= 4 is 6.21 Å². The molecule has 0 aliphatic heterocycles. The number of hydrogen-bond donors (Lipinski definition) is 0. The molecule has 1 heteroatoms. The van der Waals surface area contributed by atoms with Crippen molar-refractivity contribution in [3.63, 3.8) is 0 Å². The van der Waals surface area contributed by atoms with Crippen LogP contribution in [-0.2, 0) is 0 Å². The fraction of sp³-hybridized carbons (Fsp3) is 0.833. The maximum absolute atomic E-state index is 8.40. The molecule has 1 nitrogen and oxygen atoms in total. The van der Waals surface area contributed by atoms with Crippen LogP contribution in [-0.4, -0.2) is 6.21 Å². The van der Waals surface area contributed by atoms with Gasteiger partial charge in [-0.2, -0.15) is 5.41 Å². The van der Waals surface area contributed by atoms with Gasteiger partial charge in [0.25, 0.3) is 0 Å². The third-order valence-electron chi connectivity index (χ3n) is 1.26. The van der Waals surface area contributed by atoms with Gasteiger partial charge in [-0.1, -0.05) is 13.8 Å². The van der Waals surface area contributed by atoms with E-state index in [4.69, 9.17) is 5.41 Å². The smallest absolute Gasteiger partial charge is 0.0300 e. The van der Waals surface area contributed by atoms with E-state index < -0.39 is 0 Å². The highest BCUT2D eigenvalue weighted by molar-refractivity contribution is 5.57. The summed E-state index contributed by atoms with van der Waals surface area (Å²) >= 11 is 0. The van der Waals surface area contributed by atoms with Crippen LogP contribution in [0.1, 0.15) is 26.7 Å². The Morgan fingerprint density at radius 2 is 1.86 bits per heavy atom. The number of nitrogens with zero attached hydrogens (tertiary/aromatic N) is 1. The first-order valence-electron chi connectivity index (χ1n) is 2.82. The first kappa shape index (κ1) is 6.67. The van der Waals surface area contributed by atoms with Crippen LogP contribution in [0.4, 0.5) is 0 Å². The molecule has 0 unspecified atom stereocenters. The number of rotatable bonds is 3. The molecule has 0 rings (SSSR count). The molecule has 0 aliphatic rings. The Kier molecular flexibility index (Phi) is 3.67. The van der Waals surface area contributed by atoms with Crippen LogP contribution < -0.4 is 5.41 Å². The van der Waals surface area contributed by atoms with E-state index in [1.165, 1.54) is 6.21 Å². The van der Waals surface area contributed by atoms with Crippen molar-refractivity contribution in [2.45, 2.75) is 26.7 Å². The van der Waals surface area contributed by atoms with Crippen molar-refractivity contribution in [2.75, 3.05) is 0 Å². The molecule has 41 valence electrons. The van der Waals surface area contributed by atoms with Crippen molar-refractivity contribution in [1.29, 1.82) is 0 Å². The summed E-state index contributed by atoms with van der Waals surface area (Å²) in [5.41, 5.74) is 0. The second kappa shape index (κ2) is 3.85. The molecular weight excluding hydrogens is 86.1 g/mol. The normalized spacial score (nSPS) is 9.57. The quantitative estimate of drug-likeness (QED) is 0.475. The summed E-state index contributed by atoms with van der Waals surface area (Å²) in [7, 11) is 0. The minimum Gasteiger partial charge on any atom is -0.164 e. The second-order valence-corrected chi connectivity index (χ2v) is 1.73. The average molecular weight is 98.2 g/mol. The summed E-state index contributed by atoms with van der Waals surface area (Å²) in [5.74, 6) is 0.417. The highest BCUT2D eigenvalue weighted by atomic mass is 14.3. The van der Waals surface area contributed by atoms with Crippen molar-refractivity contribution in [3.8, 4) is 0 Å². The van der Waals surface area contributed by atoms with E-state index in [0.717, 1.165) is 12.8 Å². The summed E-state index contributed by atoms with van der Waals surface area (Å²) < 4.78 is 0. The summed E-state index contributed by atoms with van der Waals surface area (Å²) in [6.45, 7) is 4.14. The van der Waals surface area contributed by atoms with Gasteiger partial charge in [0, 0.05) is 6.21 Å². The molecular formula is C6H12N. The first-order chi connectivity index (χ1) is 3.35. The minimum atomic E-state index is 0.417. The van der Waals surface area contributed by atoms with Gasteiger partial charge in [0.05, 0.1) is 0 Å². The lowest BCUT2D eigenvalue weighted by atomic mass is 10.1. The van der Waals surface area contributed by atoms with Gasteiger partial charge < -0.3 is 0 Å².